The standard InChI is InChI=1S/C16H13NO4.ClH/c1-19-10-7-14(20-2)16-12(18)9-13(21-15(16)8-10)11-5-3-4-6-17-11;/h3-9H,1-2H3;1H. The molecule has 0 atom stereocenters. The molecule has 0 spiro atoms. The van der Waals surface area contributed by atoms with Crippen LogP contribution in [0.5, 0.6) is 11.5 Å². The zero-order chi connectivity index (χ0) is 14.8. The molecule has 2 heterocycles. The molecule has 0 fully saturated rings. The van der Waals surface area contributed by atoms with Gasteiger partial charge in [-0.25, -0.2) is 0 Å². The Morgan fingerprint density at radius 2 is 1.91 bits per heavy atom. The Hall–Kier alpha value is -2.53. The van der Waals surface area contributed by atoms with Crippen molar-refractivity contribution in [2.75, 3.05) is 14.2 Å². The summed E-state index contributed by atoms with van der Waals surface area (Å²) in [5.41, 5.74) is 0.814. The van der Waals surface area contributed by atoms with Crippen molar-refractivity contribution in [1.82, 2.24) is 4.98 Å². The molecular formula is C16H14ClNO4. The highest BCUT2D eigenvalue weighted by atomic mass is 35.5. The minimum Gasteiger partial charge on any atom is -0.496 e. The van der Waals surface area contributed by atoms with Gasteiger partial charge in [-0.3, -0.25) is 9.78 Å². The number of fused-ring (bicyclic) bond motifs is 1. The van der Waals surface area contributed by atoms with Crippen molar-refractivity contribution in [3.8, 4) is 23.0 Å². The highest BCUT2D eigenvalue weighted by molar-refractivity contribution is 5.86. The van der Waals surface area contributed by atoms with Gasteiger partial charge in [0.05, 0.1) is 14.2 Å². The maximum Gasteiger partial charge on any atom is 0.197 e. The molecule has 6 heteroatoms. The lowest BCUT2D eigenvalue weighted by molar-refractivity contribution is 0.396. The van der Waals surface area contributed by atoms with E-state index in [2.05, 4.69) is 4.98 Å². The third-order valence-electron chi connectivity index (χ3n) is 3.14. The van der Waals surface area contributed by atoms with Crippen LogP contribution in [0.2, 0.25) is 0 Å². The van der Waals surface area contributed by atoms with Gasteiger partial charge in [0.2, 0.25) is 0 Å². The molecule has 0 aliphatic rings. The molecule has 0 bridgehead atoms. The molecule has 0 aliphatic carbocycles. The van der Waals surface area contributed by atoms with E-state index >= 15 is 0 Å². The number of halogens is 1. The van der Waals surface area contributed by atoms with Gasteiger partial charge in [0.1, 0.15) is 28.2 Å². The lowest BCUT2D eigenvalue weighted by atomic mass is 10.1. The Morgan fingerprint density at radius 3 is 2.55 bits per heavy atom. The zero-order valence-corrected chi connectivity index (χ0v) is 12.8. The fraction of sp³-hybridized carbons (Fsp3) is 0.125. The second kappa shape index (κ2) is 6.49. The monoisotopic (exact) mass is 319 g/mol. The second-order valence-electron chi connectivity index (χ2n) is 4.39. The van der Waals surface area contributed by atoms with Crippen LogP contribution >= 0.6 is 12.4 Å². The van der Waals surface area contributed by atoms with Gasteiger partial charge in [-0.1, -0.05) is 6.07 Å². The van der Waals surface area contributed by atoms with Gasteiger partial charge >= 0.3 is 0 Å². The minimum absolute atomic E-state index is 0. The quantitative estimate of drug-likeness (QED) is 0.741. The van der Waals surface area contributed by atoms with Gasteiger partial charge in [-0.05, 0) is 12.1 Å². The van der Waals surface area contributed by atoms with Gasteiger partial charge in [0.15, 0.2) is 11.2 Å². The molecule has 0 saturated carbocycles. The molecule has 2 aromatic heterocycles. The lowest BCUT2D eigenvalue weighted by Crippen LogP contribution is -2.03. The smallest absolute Gasteiger partial charge is 0.197 e. The largest absolute Gasteiger partial charge is 0.496 e. The number of hydrogen-bond donors (Lipinski definition) is 0. The Labute approximate surface area is 132 Å². The van der Waals surface area contributed by atoms with Crippen LogP contribution in [0.1, 0.15) is 0 Å². The molecule has 0 radical (unpaired) electrons. The summed E-state index contributed by atoms with van der Waals surface area (Å²) in [7, 11) is 3.04. The zero-order valence-electron chi connectivity index (χ0n) is 12.0. The van der Waals surface area contributed by atoms with Crippen LogP contribution in [0.25, 0.3) is 22.4 Å². The summed E-state index contributed by atoms with van der Waals surface area (Å²) >= 11 is 0. The fourth-order valence-electron chi connectivity index (χ4n) is 2.14. The topological polar surface area (TPSA) is 61.6 Å². The molecule has 3 aromatic rings. The van der Waals surface area contributed by atoms with Gasteiger partial charge in [-0.15, -0.1) is 12.4 Å². The number of rotatable bonds is 3. The summed E-state index contributed by atoms with van der Waals surface area (Å²) in [4.78, 5) is 16.5. The molecule has 114 valence electrons. The Morgan fingerprint density at radius 1 is 1.09 bits per heavy atom. The summed E-state index contributed by atoms with van der Waals surface area (Å²) in [5, 5.41) is 0.387. The molecular weight excluding hydrogens is 306 g/mol. The highest BCUT2D eigenvalue weighted by Crippen LogP contribution is 2.31. The summed E-state index contributed by atoms with van der Waals surface area (Å²) in [5.74, 6) is 1.38. The Kier molecular flexibility index (Phi) is 4.68. The number of nitrogens with zero attached hydrogens (tertiary/aromatic N) is 1. The minimum atomic E-state index is -0.184. The predicted molar refractivity (Wildman–Crippen MR) is 86.1 cm³/mol. The Bertz CT molecular complexity index is 846. The van der Waals surface area contributed by atoms with Crippen LogP contribution in [0.15, 0.2) is 51.8 Å². The number of benzene rings is 1. The molecule has 3 rings (SSSR count). The molecule has 0 N–H and O–H groups in total. The molecule has 5 nitrogen and oxygen atoms in total. The number of pyridine rings is 1. The first-order valence-corrected chi connectivity index (χ1v) is 6.34. The second-order valence-corrected chi connectivity index (χ2v) is 4.39. The van der Waals surface area contributed by atoms with E-state index in [4.69, 9.17) is 13.9 Å². The van der Waals surface area contributed by atoms with Crippen molar-refractivity contribution in [2.45, 2.75) is 0 Å². The van der Waals surface area contributed by atoms with Crippen molar-refractivity contribution in [2.24, 2.45) is 0 Å². The van der Waals surface area contributed by atoms with E-state index in [1.54, 1.807) is 37.6 Å². The summed E-state index contributed by atoms with van der Waals surface area (Å²) in [6.07, 6.45) is 1.64. The summed E-state index contributed by atoms with van der Waals surface area (Å²) in [6, 6.07) is 10.1. The molecule has 0 amide bonds. The van der Waals surface area contributed by atoms with E-state index in [-0.39, 0.29) is 17.8 Å². The Balaban J connectivity index is 0.00000176. The summed E-state index contributed by atoms with van der Waals surface area (Å²) in [6.45, 7) is 0. The molecule has 0 saturated heterocycles. The van der Waals surface area contributed by atoms with Crippen LogP contribution in [0.3, 0.4) is 0 Å². The molecule has 0 aliphatic heterocycles. The van der Waals surface area contributed by atoms with Gasteiger partial charge < -0.3 is 13.9 Å². The van der Waals surface area contributed by atoms with Crippen LogP contribution < -0.4 is 14.9 Å². The van der Waals surface area contributed by atoms with E-state index in [1.165, 1.54) is 13.2 Å². The number of hydrogen-bond acceptors (Lipinski definition) is 5. The first-order valence-electron chi connectivity index (χ1n) is 6.34. The third-order valence-corrected chi connectivity index (χ3v) is 3.14. The maximum atomic E-state index is 12.3. The third kappa shape index (κ3) is 2.76. The van der Waals surface area contributed by atoms with Crippen molar-refractivity contribution >= 4 is 23.4 Å². The van der Waals surface area contributed by atoms with Crippen molar-refractivity contribution in [3.05, 3.63) is 52.8 Å². The van der Waals surface area contributed by atoms with Gasteiger partial charge in [0.25, 0.3) is 0 Å². The van der Waals surface area contributed by atoms with Crippen molar-refractivity contribution in [3.63, 3.8) is 0 Å². The van der Waals surface area contributed by atoms with E-state index in [0.717, 1.165) is 0 Å². The molecule has 22 heavy (non-hydrogen) atoms. The van der Waals surface area contributed by atoms with Crippen molar-refractivity contribution < 1.29 is 13.9 Å². The van der Waals surface area contributed by atoms with Crippen LogP contribution in [-0.2, 0) is 0 Å². The summed E-state index contributed by atoms with van der Waals surface area (Å²) < 4.78 is 16.2. The SMILES string of the molecule is COc1cc(OC)c2c(=O)cc(-c3ccccn3)oc2c1.Cl. The fourth-order valence-corrected chi connectivity index (χ4v) is 2.14. The maximum absolute atomic E-state index is 12.3. The number of aromatic nitrogens is 1. The highest BCUT2D eigenvalue weighted by Gasteiger charge is 2.13. The van der Waals surface area contributed by atoms with Crippen molar-refractivity contribution in [1.29, 1.82) is 0 Å². The van der Waals surface area contributed by atoms with Crippen LogP contribution in [0, 0.1) is 0 Å². The average Bonchev–Trinajstić information content (AvgIpc) is 2.54. The molecule has 0 unspecified atom stereocenters. The van der Waals surface area contributed by atoms with Gasteiger partial charge in [-0.2, -0.15) is 0 Å². The number of methoxy groups -OCH3 is 2. The molecule has 1 aromatic carbocycles. The van der Waals surface area contributed by atoms with E-state index in [0.29, 0.717) is 33.9 Å². The van der Waals surface area contributed by atoms with E-state index < -0.39 is 0 Å². The van der Waals surface area contributed by atoms with Crippen LogP contribution in [-0.4, -0.2) is 19.2 Å². The van der Waals surface area contributed by atoms with Crippen LogP contribution in [0.4, 0.5) is 0 Å². The van der Waals surface area contributed by atoms with E-state index in [9.17, 15) is 4.79 Å². The lowest BCUT2D eigenvalue weighted by Gasteiger charge is -2.08. The number of ether oxygens (including phenoxy) is 2. The first kappa shape index (κ1) is 15.9. The van der Waals surface area contributed by atoms with Gasteiger partial charge in [0, 0.05) is 24.4 Å². The first-order chi connectivity index (χ1) is 10.2. The predicted octanol–water partition coefficient (Wildman–Crippen LogP) is 3.29. The van der Waals surface area contributed by atoms with E-state index in [1.807, 2.05) is 6.07 Å². The normalized spacial score (nSPS) is 10.1. The average molecular weight is 320 g/mol.